The van der Waals surface area contributed by atoms with E-state index in [1.165, 1.54) is 67.8 Å². The molecule has 0 bridgehead atoms. The van der Waals surface area contributed by atoms with Gasteiger partial charge in [0.1, 0.15) is 5.82 Å². The molecule has 4 nitrogen and oxygen atoms in total. The van der Waals surface area contributed by atoms with Crippen LogP contribution in [0.25, 0.3) is 5.69 Å². The number of nitrogens with zero attached hydrogens (tertiary/aromatic N) is 3. The largest absolute Gasteiger partial charge is 0.370 e. The van der Waals surface area contributed by atoms with Gasteiger partial charge in [0.25, 0.3) is 0 Å². The maximum Gasteiger partial charge on any atom is 0.133 e. The molecule has 0 aliphatic carbocycles. The van der Waals surface area contributed by atoms with Gasteiger partial charge in [-0.25, -0.2) is 4.68 Å². The van der Waals surface area contributed by atoms with Crippen LogP contribution >= 0.6 is 11.6 Å². The van der Waals surface area contributed by atoms with Crippen molar-refractivity contribution >= 4 is 17.4 Å². The van der Waals surface area contributed by atoms with Crippen LogP contribution in [-0.2, 0) is 13.0 Å². The Bertz CT molecular complexity index is 746. The van der Waals surface area contributed by atoms with Gasteiger partial charge in [0.05, 0.1) is 11.4 Å². The summed E-state index contributed by atoms with van der Waals surface area (Å²) in [5.41, 5.74) is 4.93. The maximum absolute atomic E-state index is 6.27. The topological polar surface area (TPSA) is 33.1 Å². The molecule has 2 aliphatic rings. The van der Waals surface area contributed by atoms with Crippen molar-refractivity contribution in [3.8, 4) is 5.69 Å². The molecule has 1 saturated heterocycles. The molecule has 3 heterocycles. The van der Waals surface area contributed by atoms with Crippen LogP contribution in [0.4, 0.5) is 5.82 Å². The molecule has 4 rings (SSSR count). The Balaban J connectivity index is 1.74. The van der Waals surface area contributed by atoms with Crippen molar-refractivity contribution in [2.75, 3.05) is 25.0 Å². The lowest BCUT2D eigenvalue weighted by Crippen LogP contribution is -2.29. The van der Waals surface area contributed by atoms with Crippen molar-refractivity contribution in [1.29, 1.82) is 0 Å². The van der Waals surface area contributed by atoms with Crippen molar-refractivity contribution < 1.29 is 0 Å². The Kier molecular flexibility index (Phi) is 5.00. The molecule has 1 fully saturated rings. The third kappa shape index (κ3) is 3.56. The number of hydrogen-bond acceptors (Lipinski definition) is 3. The van der Waals surface area contributed by atoms with Crippen LogP contribution in [0.1, 0.15) is 48.9 Å². The highest BCUT2D eigenvalue weighted by Gasteiger charge is 2.23. The first-order chi connectivity index (χ1) is 12.2. The Morgan fingerprint density at radius 1 is 1.12 bits per heavy atom. The van der Waals surface area contributed by atoms with E-state index < -0.39 is 0 Å². The summed E-state index contributed by atoms with van der Waals surface area (Å²) in [5.74, 6) is 1.18. The first-order valence-electron chi connectivity index (χ1n) is 9.56. The van der Waals surface area contributed by atoms with E-state index in [4.69, 9.17) is 16.7 Å². The van der Waals surface area contributed by atoms with Gasteiger partial charge < -0.3 is 5.32 Å². The van der Waals surface area contributed by atoms with E-state index in [2.05, 4.69) is 27.9 Å². The molecular weight excluding hydrogens is 332 g/mol. The Morgan fingerprint density at radius 2 is 1.96 bits per heavy atom. The predicted octanol–water partition coefficient (Wildman–Crippen LogP) is 4.57. The van der Waals surface area contributed by atoms with Gasteiger partial charge in [0.15, 0.2) is 0 Å². The second-order valence-corrected chi connectivity index (χ2v) is 7.77. The van der Waals surface area contributed by atoms with E-state index in [9.17, 15) is 0 Å². The fourth-order valence-electron chi connectivity index (χ4n) is 4.01. The molecule has 25 heavy (non-hydrogen) atoms. The fourth-order valence-corrected chi connectivity index (χ4v) is 4.18. The number of fused-ring (bicyclic) bond motifs is 1. The summed E-state index contributed by atoms with van der Waals surface area (Å²) in [5, 5.41) is 9.45. The highest BCUT2D eigenvalue weighted by Crippen LogP contribution is 2.31. The quantitative estimate of drug-likeness (QED) is 0.872. The van der Waals surface area contributed by atoms with Crippen LogP contribution in [0.2, 0.25) is 5.02 Å². The summed E-state index contributed by atoms with van der Waals surface area (Å²) in [6.07, 6.45) is 7.56. The summed E-state index contributed by atoms with van der Waals surface area (Å²) in [4.78, 5) is 2.56. The number of likely N-dealkylation sites (tertiary alicyclic amines) is 1. The monoisotopic (exact) mass is 358 g/mol. The summed E-state index contributed by atoms with van der Waals surface area (Å²) in [6, 6.07) is 6.05. The van der Waals surface area contributed by atoms with Crippen LogP contribution in [0.3, 0.4) is 0 Å². The van der Waals surface area contributed by atoms with Gasteiger partial charge in [-0.2, -0.15) is 5.10 Å². The lowest BCUT2D eigenvalue weighted by molar-refractivity contribution is 0.217. The fraction of sp³-hybridized carbons (Fsp3) is 0.550. The molecule has 0 spiro atoms. The van der Waals surface area contributed by atoms with Crippen LogP contribution in [0.5, 0.6) is 0 Å². The molecule has 0 amide bonds. The molecule has 0 unspecified atom stereocenters. The first kappa shape index (κ1) is 16.9. The van der Waals surface area contributed by atoms with Gasteiger partial charge in [-0.05, 0) is 69.8 Å². The van der Waals surface area contributed by atoms with Crippen molar-refractivity contribution in [3.63, 3.8) is 0 Å². The van der Waals surface area contributed by atoms with E-state index in [-0.39, 0.29) is 0 Å². The smallest absolute Gasteiger partial charge is 0.133 e. The maximum atomic E-state index is 6.27. The number of halogens is 1. The minimum Gasteiger partial charge on any atom is -0.370 e. The minimum atomic E-state index is 0.760. The van der Waals surface area contributed by atoms with E-state index in [0.717, 1.165) is 30.2 Å². The lowest BCUT2D eigenvalue weighted by Gasteiger charge is -2.25. The number of benzene rings is 1. The molecule has 2 aromatic rings. The molecule has 0 radical (unpaired) electrons. The summed E-state index contributed by atoms with van der Waals surface area (Å²) in [6.45, 7) is 6.51. The van der Waals surface area contributed by atoms with Crippen molar-refractivity contribution in [2.45, 2.75) is 52.0 Å². The molecule has 5 heteroatoms. The standard InChI is InChI=1S/C20H27ClN4/c1-15-8-9-16(21)13-19(15)25-20-17(7-3-4-10-22-20)18(23-25)14-24-11-5-2-6-12-24/h8-9,13,22H,2-7,10-12,14H2,1H3. The van der Waals surface area contributed by atoms with Gasteiger partial charge in [0, 0.05) is 23.7 Å². The molecule has 1 aromatic heterocycles. The van der Waals surface area contributed by atoms with Gasteiger partial charge >= 0.3 is 0 Å². The highest BCUT2D eigenvalue weighted by molar-refractivity contribution is 6.30. The van der Waals surface area contributed by atoms with Gasteiger partial charge in [0.2, 0.25) is 0 Å². The second kappa shape index (κ2) is 7.38. The first-order valence-corrected chi connectivity index (χ1v) is 9.94. The SMILES string of the molecule is Cc1ccc(Cl)cc1-n1nc(CN2CCCCC2)c2c1NCCCC2. The Hall–Kier alpha value is -1.52. The number of hydrogen-bond donors (Lipinski definition) is 1. The van der Waals surface area contributed by atoms with Crippen LogP contribution < -0.4 is 5.32 Å². The number of piperidine rings is 1. The lowest BCUT2D eigenvalue weighted by atomic mass is 10.1. The molecule has 1 aromatic carbocycles. The highest BCUT2D eigenvalue weighted by atomic mass is 35.5. The van der Waals surface area contributed by atoms with Crippen LogP contribution in [-0.4, -0.2) is 34.3 Å². The zero-order valence-electron chi connectivity index (χ0n) is 15.0. The number of rotatable bonds is 3. The average molecular weight is 359 g/mol. The molecule has 1 N–H and O–H groups in total. The number of aromatic nitrogens is 2. The van der Waals surface area contributed by atoms with Crippen molar-refractivity contribution in [1.82, 2.24) is 14.7 Å². The zero-order valence-corrected chi connectivity index (χ0v) is 15.8. The number of nitrogens with one attached hydrogen (secondary N) is 1. The Labute approximate surface area is 155 Å². The summed E-state index contributed by atoms with van der Waals surface area (Å²) < 4.78 is 2.10. The second-order valence-electron chi connectivity index (χ2n) is 7.34. The third-order valence-corrected chi connectivity index (χ3v) is 5.67. The zero-order chi connectivity index (χ0) is 17.2. The van der Waals surface area contributed by atoms with E-state index in [1.54, 1.807) is 0 Å². The van der Waals surface area contributed by atoms with Crippen molar-refractivity contribution in [2.24, 2.45) is 0 Å². The molecular formula is C20H27ClN4. The van der Waals surface area contributed by atoms with E-state index >= 15 is 0 Å². The number of aryl methyl sites for hydroxylation is 1. The minimum absolute atomic E-state index is 0.760. The molecule has 0 saturated carbocycles. The van der Waals surface area contributed by atoms with Gasteiger partial charge in [-0.15, -0.1) is 0 Å². The molecule has 0 atom stereocenters. The average Bonchev–Trinajstić information content (AvgIpc) is 2.80. The molecule has 2 aliphatic heterocycles. The Morgan fingerprint density at radius 3 is 2.80 bits per heavy atom. The predicted molar refractivity (Wildman–Crippen MR) is 104 cm³/mol. The normalized spacial score (nSPS) is 18.5. The summed E-state index contributed by atoms with van der Waals surface area (Å²) >= 11 is 6.27. The van der Waals surface area contributed by atoms with E-state index in [0.29, 0.717) is 0 Å². The van der Waals surface area contributed by atoms with Gasteiger partial charge in [-0.1, -0.05) is 24.1 Å². The summed E-state index contributed by atoms with van der Waals surface area (Å²) in [7, 11) is 0. The number of anilines is 1. The van der Waals surface area contributed by atoms with Crippen LogP contribution in [0.15, 0.2) is 18.2 Å². The van der Waals surface area contributed by atoms with E-state index in [1.807, 2.05) is 12.1 Å². The molecule has 134 valence electrons. The van der Waals surface area contributed by atoms with Crippen molar-refractivity contribution in [3.05, 3.63) is 40.0 Å². The van der Waals surface area contributed by atoms with Gasteiger partial charge in [-0.3, -0.25) is 4.90 Å². The third-order valence-electron chi connectivity index (χ3n) is 5.43. The van der Waals surface area contributed by atoms with Crippen LogP contribution in [0, 0.1) is 6.92 Å².